The van der Waals surface area contributed by atoms with Gasteiger partial charge in [-0.25, -0.2) is 13.6 Å². The zero-order valence-corrected chi connectivity index (χ0v) is 9.72. The number of benzene rings is 1. The van der Waals surface area contributed by atoms with Gasteiger partial charge in [0.15, 0.2) is 0 Å². The van der Waals surface area contributed by atoms with Crippen LogP contribution in [0, 0.1) is 11.6 Å². The predicted octanol–water partition coefficient (Wildman–Crippen LogP) is 0.625. The van der Waals surface area contributed by atoms with E-state index in [-0.39, 0.29) is 13.0 Å². The fraction of sp³-hybridized carbons (Fsp3) is 0.333. The first-order chi connectivity index (χ1) is 8.91. The van der Waals surface area contributed by atoms with Crippen LogP contribution in [0.25, 0.3) is 0 Å². The van der Waals surface area contributed by atoms with E-state index in [1.807, 2.05) is 0 Å². The van der Waals surface area contributed by atoms with E-state index in [2.05, 4.69) is 0 Å². The van der Waals surface area contributed by atoms with Gasteiger partial charge in [-0.3, -0.25) is 4.79 Å². The Hall–Kier alpha value is -2.02. The van der Waals surface area contributed by atoms with Crippen LogP contribution in [-0.4, -0.2) is 45.7 Å². The number of hydrogen-bond donors (Lipinski definition) is 2. The van der Waals surface area contributed by atoms with Gasteiger partial charge in [-0.15, -0.1) is 0 Å². The van der Waals surface area contributed by atoms with Crippen LogP contribution in [0.1, 0.15) is 16.8 Å². The number of carbonyl (C=O) groups is 2. The largest absolute Gasteiger partial charge is 0.480 e. The molecule has 5 nitrogen and oxygen atoms in total. The molecule has 0 unspecified atom stereocenters. The van der Waals surface area contributed by atoms with Crippen LogP contribution in [0.4, 0.5) is 8.78 Å². The van der Waals surface area contributed by atoms with Crippen molar-refractivity contribution in [3.63, 3.8) is 0 Å². The van der Waals surface area contributed by atoms with Gasteiger partial charge in [0.25, 0.3) is 5.91 Å². The second-order valence-electron chi connectivity index (χ2n) is 4.30. The van der Waals surface area contributed by atoms with Gasteiger partial charge in [-0.1, -0.05) is 6.07 Å². The number of hydrogen-bond acceptors (Lipinski definition) is 3. The summed E-state index contributed by atoms with van der Waals surface area (Å²) in [4.78, 5) is 23.8. The van der Waals surface area contributed by atoms with E-state index in [9.17, 15) is 23.5 Å². The van der Waals surface area contributed by atoms with Crippen molar-refractivity contribution in [3.05, 3.63) is 35.4 Å². The first-order valence-electron chi connectivity index (χ1n) is 5.57. The summed E-state index contributed by atoms with van der Waals surface area (Å²) in [6, 6.07) is 1.66. The van der Waals surface area contributed by atoms with E-state index in [0.29, 0.717) is 0 Å². The normalized spacial score (nSPS) is 22.6. The summed E-state index contributed by atoms with van der Waals surface area (Å²) >= 11 is 0. The molecule has 2 rings (SSSR count). The molecule has 7 heteroatoms. The molecule has 1 aromatic carbocycles. The number of nitrogens with zero attached hydrogens (tertiary/aromatic N) is 1. The molecule has 1 aromatic rings. The highest BCUT2D eigenvalue weighted by Gasteiger charge is 2.40. The minimum absolute atomic E-state index is 0.156. The Kier molecular flexibility index (Phi) is 3.48. The number of carboxylic acid groups (broad SMARTS) is 1. The Bertz CT molecular complexity index is 514. The molecular weight excluding hydrogens is 260 g/mol. The molecule has 0 bridgehead atoms. The Morgan fingerprint density at radius 2 is 1.84 bits per heavy atom. The van der Waals surface area contributed by atoms with E-state index in [1.165, 1.54) is 0 Å². The lowest BCUT2D eigenvalue weighted by molar-refractivity contribution is -0.141. The minimum atomic E-state index is -1.32. The minimum Gasteiger partial charge on any atom is -0.480 e. The summed E-state index contributed by atoms with van der Waals surface area (Å²) in [6.07, 6.45) is -1.17. The van der Waals surface area contributed by atoms with Crippen LogP contribution in [0.2, 0.25) is 0 Å². The Labute approximate surface area is 107 Å². The number of aliphatic hydroxyl groups excluding tert-OH is 1. The Morgan fingerprint density at radius 1 is 1.26 bits per heavy atom. The number of likely N-dealkylation sites (tertiary alicyclic amines) is 1. The summed E-state index contributed by atoms with van der Waals surface area (Å²) in [5, 5.41) is 18.4. The van der Waals surface area contributed by atoms with Crippen molar-refractivity contribution >= 4 is 11.9 Å². The number of rotatable bonds is 2. The highest BCUT2D eigenvalue weighted by molar-refractivity contribution is 5.97. The van der Waals surface area contributed by atoms with Crippen molar-refractivity contribution in [2.45, 2.75) is 18.6 Å². The molecule has 2 atom stereocenters. The van der Waals surface area contributed by atoms with Crippen molar-refractivity contribution in [1.82, 2.24) is 4.90 Å². The molecule has 1 saturated heterocycles. The zero-order chi connectivity index (χ0) is 14.2. The SMILES string of the molecule is O=C(O)[C@H]1C[C@@H](O)CN1C(=O)c1c(F)cccc1F. The third-order valence-corrected chi connectivity index (χ3v) is 3.00. The molecule has 0 aromatic heterocycles. The van der Waals surface area contributed by atoms with Crippen molar-refractivity contribution in [2.75, 3.05) is 6.54 Å². The molecule has 1 amide bonds. The first kappa shape index (κ1) is 13.4. The summed E-state index contributed by atoms with van der Waals surface area (Å²) in [5.41, 5.74) is -0.803. The Morgan fingerprint density at radius 3 is 2.37 bits per heavy atom. The molecule has 1 fully saturated rings. The molecule has 1 aliphatic heterocycles. The second-order valence-corrected chi connectivity index (χ2v) is 4.30. The molecule has 0 aliphatic carbocycles. The highest BCUT2D eigenvalue weighted by Crippen LogP contribution is 2.23. The van der Waals surface area contributed by atoms with Crippen LogP contribution >= 0.6 is 0 Å². The van der Waals surface area contributed by atoms with Gasteiger partial charge in [0, 0.05) is 13.0 Å². The van der Waals surface area contributed by atoms with Crippen LogP contribution in [0.15, 0.2) is 18.2 Å². The number of aliphatic hydroxyl groups is 1. The molecule has 1 aliphatic rings. The Balaban J connectivity index is 2.36. The lowest BCUT2D eigenvalue weighted by Crippen LogP contribution is -2.41. The summed E-state index contributed by atoms with van der Waals surface area (Å²) in [7, 11) is 0. The average Bonchev–Trinajstić information content (AvgIpc) is 2.71. The standard InChI is InChI=1S/C12H11F2NO4/c13-7-2-1-3-8(14)10(7)11(17)15-5-6(16)4-9(15)12(18)19/h1-3,6,9,16H,4-5H2,(H,18,19)/t6-,9-/m1/s1. The van der Waals surface area contributed by atoms with Gasteiger partial charge in [-0.05, 0) is 12.1 Å². The second kappa shape index (κ2) is 4.93. The monoisotopic (exact) mass is 271 g/mol. The molecular formula is C12H11F2NO4. The van der Waals surface area contributed by atoms with Crippen molar-refractivity contribution in [2.24, 2.45) is 0 Å². The van der Waals surface area contributed by atoms with Crippen LogP contribution in [-0.2, 0) is 4.79 Å². The van der Waals surface area contributed by atoms with Gasteiger partial charge < -0.3 is 15.1 Å². The molecule has 2 N–H and O–H groups in total. The van der Waals surface area contributed by atoms with E-state index in [4.69, 9.17) is 5.11 Å². The van der Waals surface area contributed by atoms with Crippen molar-refractivity contribution < 1.29 is 28.6 Å². The smallest absolute Gasteiger partial charge is 0.326 e. The molecule has 19 heavy (non-hydrogen) atoms. The third kappa shape index (κ3) is 2.41. The third-order valence-electron chi connectivity index (χ3n) is 3.00. The van der Waals surface area contributed by atoms with Gasteiger partial charge >= 0.3 is 5.97 Å². The number of carbonyl (C=O) groups excluding carboxylic acids is 1. The van der Waals surface area contributed by atoms with Gasteiger partial charge in [-0.2, -0.15) is 0 Å². The number of amides is 1. The predicted molar refractivity (Wildman–Crippen MR) is 59.4 cm³/mol. The number of aliphatic carboxylic acids is 1. The van der Waals surface area contributed by atoms with Crippen LogP contribution in [0.5, 0.6) is 0 Å². The van der Waals surface area contributed by atoms with Gasteiger partial charge in [0.2, 0.25) is 0 Å². The van der Waals surface area contributed by atoms with E-state index < -0.39 is 41.2 Å². The van der Waals surface area contributed by atoms with E-state index in [1.54, 1.807) is 0 Å². The van der Waals surface area contributed by atoms with E-state index >= 15 is 0 Å². The molecule has 1 heterocycles. The quantitative estimate of drug-likeness (QED) is 0.826. The summed E-state index contributed by atoms with van der Waals surface area (Å²) in [6.45, 7) is -0.260. The fourth-order valence-corrected chi connectivity index (χ4v) is 2.12. The number of β-amino-alcohol motifs (C(OH)–C–C–N with tert-alkyl or cyclic N) is 1. The maximum Gasteiger partial charge on any atom is 0.326 e. The topological polar surface area (TPSA) is 77.8 Å². The average molecular weight is 271 g/mol. The summed E-state index contributed by atoms with van der Waals surface area (Å²) < 4.78 is 27.0. The maximum atomic E-state index is 13.5. The van der Waals surface area contributed by atoms with Crippen LogP contribution in [0.3, 0.4) is 0 Å². The van der Waals surface area contributed by atoms with Crippen molar-refractivity contribution in [1.29, 1.82) is 0 Å². The first-order valence-corrected chi connectivity index (χ1v) is 5.57. The van der Waals surface area contributed by atoms with Crippen molar-refractivity contribution in [3.8, 4) is 0 Å². The zero-order valence-electron chi connectivity index (χ0n) is 9.72. The molecule has 102 valence electrons. The maximum absolute atomic E-state index is 13.5. The number of carboxylic acids is 1. The molecule has 0 spiro atoms. The summed E-state index contributed by atoms with van der Waals surface area (Å²) in [5.74, 6) is -4.51. The lowest BCUT2D eigenvalue weighted by atomic mass is 10.1. The van der Waals surface area contributed by atoms with Gasteiger partial charge in [0.05, 0.1) is 6.10 Å². The lowest BCUT2D eigenvalue weighted by Gasteiger charge is -2.21. The van der Waals surface area contributed by atoms with Crippen LogP contribution < -0.4 is 0 Å². The van der Waals surface area contributed by atoms with E-state index in [0.717, 1.165) is 23.1 Å². The number of halogens is 2. The molecule has 0 radical (unpaired) electrons. The highest BCUT2D eigenvalue weighted by atomic mass is 19.1. The fourth-order valence-electron chi connectivity index (χ4n) is 2.12. The molecule has 0 saturated carbocycles. The van der Waals surface area contributed by atoms with Gasteiger partial charge in [0.1, 0.15) is 23.2 Å².